The second-order valence-corrected chi connectivity index (χ2v) is 8.72. The predicted octanol–water partition coefficient (Wildman–Crippen LogP) is 5.48. The predicted molar refractivity (Wildman–Crippen MR) is 116 cm³/mol. The Morgan fingerprint density at radius 1 is 1.06 bits per heavy atom. The van der Waals surface area contributed by atoms with Gasteiger partial charge in [0.05, 0.1) is 5.60 Å². The Hall–Kier alpha value is -2.68. The van der Waals surface area contributed by atoms with Gasteiger partial charge in [-0.15, -0.1) is 0 Å². The molecule has 0 N–H and O–H groups in total. The summed E-state index contributed by atoms with van der Waals surface area (Å²) in [4.78, 5) is 0. The number of nitrogens with zero attached hydrogens (tertiary/aromatic N) is 3. The minimum atomic E-state index is -6.00. The third-order valence-electron chi connectivity index (χ3n) is 5.60. The van der Waals surface area contributed by atoms with Crippen molar-refractivity contribution in [1.29, 1.82) is 0 Å². The van der Waals surface area contributed by atoms with Crippen LogP contribution in [-0.2, 0) is 17.8 Å². The van der Waals surface area contributed by atoms with E-state index in [1.807, 2.05) is 4.68 Å². The number of hydrogen-bond donors (Lipinski definition) is 0. The van der Waals surface area contributed by atoms with Gasteiger partial charge < -0.3 is 22.0 Å². The van der Waals surface area contributed by atoms with Crippen LogP contribution >= 0.6 is 0 Å². The van der Waals surface area contributed by atoms with Crippen LogP contribution in [-0.4, -0.2) is 22.6 Å². The molecule has 0 aliphatic carbocycles. The molecule has 3 aromatic rings. The van der Waals surface area contributed by atoms with Crippen molar-refractivity contribution >= 4 is 7.25 Å². The molecule has 1 unspecified atom stereocenters. The van der Waals surface area contributed by atoms with Crippen molar-refractivity contribution in [3.63, 3.8) is 0 Å². The van der Waals surface area contributed by atoms with E-state index < -0.39 is 7.25 Å². The highest BCUT2D eigenvalue weighted by Crippen LogP contribution is 2.31. The van der Waals surface area contributed by atoms with Crippen LogP contribution in [0.3, 0.4) is 0 Å². The number of halogens is 4. The maximum atomic E-state index is 9.75. The van der Waals surface area contributed by atoms with Crippen molar-refractivity contribution in [1.82, 2.24) is 9.78 Å². The summed E-state index contributed by atoms with van der Waals surface area (Å²) in [6.45, 7) is 11.3. The second-order valence-electron chi connectivity index (χ2n) is 8.72. The zero-order chi connectivity index (χ0) is 23.7. The topological polar surface area (TPSA) is 30.9 Å². The molecule has 4 nitrogen and oxygen atoms in total. The summed E-state index contributed by atoms with van der Waals surface area (Å²) in [5, 5.41) is 4.88. The Bertz CT molecular complexity index is 1050. The van der Waals surface area contributed by atoms with Gasteiger partial charge in [0.15, 0.2) is 0 Å². The fourth-order valence-corrected chi connectivity index (χ4v) is 4.25. The summed E-state index contributed by atoms with van der Waals surface area (Å²) < 4.78 is 49.6. The lowest BCUT2D eigenvalue weighted by atomic mass is 9.91. The Morgan fingerprint density at radius 2 is 1.62 bits per heavy atom. The van der Waals surface area contributed by atoms with Gasteiger partial charge in [0.25, 0.3) is 0 Å². The molecule has 0 radical (unpaired) electrons. The van der Waals surface area contributed by atoms with E-state index in [0.29, 0.717) is 6.61 Å². The first kappa shape index (κ1) is 24.0. The van der Waals surface area contributed by atoms with Crippen LogP contribution < -0.4 is 4.57 Å². The molecule has 0 saturated heterocycles. The molecule has 1 atom stereocenters. The summed E-state index contributed by atoms with van der Waals surface area (Å²) in [6.07, 6.45) is 3.07. The van der Waals surface area contributed by atoms with Gasteiger partial charge in [-0.3, -0.25) is 0 Å². The fourth-order valence-electron chi connectivity index (χ4n) is 4.25. The first-order valence-corrected chi connectivity index (χ1v) is 10.5. The van der Waals surface area contributed by atoms with E-state index in [-0.39, 0.29) is 11.6 Å². The fraction of sp³-hybridized carbons (Fsp3) is 0.391. The number of fused-ring (bicyclic) bond motifs is 1. The van der Waals surface area contributed by atoms with Crippen molar-refractivity contribution in [3.8, 4) is 5.69 Å². The maximum absolute atomic E-state index is 9.75. The maximum Gasteiger partial charge on any atom is 0.673 e. The number of aromatic nitrogens is 3. The standard InChI is InChI=1S/C23H28N3O.BF4/c1-16-11-17(2)22(18(3)12-16)26-15-25-20(13-19-9-7-6-8-10-19)23(4,5)27-14-21(25)24-26;2-1(3,4)5/h6-12,15,20H,13-14H2,1-5H3;/q+1;-1. The van der Waals surface area contributed by atoms with Gasteiger partial charge in [-0.05, 0) is 51.3 Å². The largest absolute Gasteiger partial charge is 0.673 e. The van der Waals surface area contributed by atoms with Gasteiger partial charge in [-0.2, -0.15) is 0 Å². The summed E-state index contributed by atoms with van der Waals surface area (Å²) in [7, 11) is -6.00. The Labute approximate surface area is 185 Å². The molecule has 0 amide bonds. The monoisotopic (exact) mass is 449 g/mol. The van der Waals surface area contributed by atoms with Crippen LogP contribution in [0.1, 0.15) is 48.0 Å². The molecule has 4 rings (SSSR count). The molecule has 1 aliphatic heterocycles. The van der Waals surface area contributed by atoms with Gasteiger partial charge in [0, 0.05) is 11.5 Å². The summed E-state index contributed by atoms with van der Waals surface area (Å²) in [5.41, 5.74) is 6.00. The molecule has 0 spiro atoms. The van der Waals surface area contributed by atoms with Crippen molar-refractivity contribution < 1.29 is 26.6 Å². The molecule has 0 saturated carbocycles. The average molecular weight is 449 g/mol. The van der Waals surface area contributed by atoms with E-state index in [2.05, 4.69) is 88.0 Å². The molecule has 32 heavy (non-hydrogen) atoms. The van der Waals surface area contributed by atoms with E-state index in [1.165, 1.54) is 27.9 Å². The van der Waals surface area contributed by atoms with Gasteiger partial charge >= 0.3 is 13.1 Å². The Balaban J connectivity index is 0.000000523. The van der Waals surface area contributed by atoms with Gasteiger partial charge in [-0.1, -0.05) is 52.7 Å². The number of ether oxygens (including phenoxy) is 1. The molecule has 1 aromatic heterocycles. The van der Waals surface area contributed by atoms with Crippen molar-refractivity contribution in [2.75, 3.05) is 0 Å². The first-order chi connectivity index (χ1) is 14.8. The van der Waals surface area contributed by atoms with Crippen molar-refractivity contribution in [2.45, 2.75) is 59.3 Å². The number of hydrogen-bond acceptors (Lipinski definition) is 2. The quantitative estimate of drug-likeness (QED) is 0.301. The minimum Gasteiger partial charge on any atom is -0.418 e. The SMILES string of the molecule is Cc1cc(C)c(-n2c[n+]3c(n2)COC(C)(C)C3Cc2ccccc2)c(C)c1.F[B-](F)(F)F. The van der Waals surface area contributed by atoms with E-state index in [0.717, 1.165) is 12.2 Å². The highest BCUT2D eigenvalue weighted by Gasteiger charge is 2.42. The molecule has 2 heterocycles. The van der Waals surface area contributed by atoms with Crippen LogP contribution in [0.25, 0.3) is 5.69 Å². The third-order valence-corrected chi connectivity index (χ3v) is 5.60. The lowest BCUT2D eigenvalue weighted by Gasteiger charge is -2.36. The van der Waals surface area contributed by atoms with Crippen LogP contribution in [0.15, 0.2) is 48.8 Å². The molecular formula is C23H28BF4N3O. The van der Waals surface area contributed by atoms with Crippen molar-refractivity contribution in [3.05, 3.63) is 76.9 Å². The van der Waals surface area contributed by atoms with E-state index in [9.17, 15) is 17.3 Å². The average Bonchev–Trinajstić information content (AvgIpc) is 3.06. The molecule has 172 valence electrons. The smallest absolute Gasteiger partial charge is 0.418 e. The highest BCUT2D eigenvalue weighted by molar-refractivity contribution is 6.50. The third kappa shape index (κ3) is 5.76. The van der Waals surface area contributed by atoms with Gasteiger partial charge in [-0.25, -0.2) is 4.57 Å². The summed E-state index contributed by atoms with van der Waals surface area (Å²) in [6, 6.07) is 15.3. The normalized spacial score (nSPS) is 17.3. The lowest BCUT2D eigenvalue weighted by molar-refractivity contribution is -0.757. The minimum absolute atomic E-state index is 0.198. The number of benzene rings is 2. The zero-order valence-electron chi connectivity index (χ0n) is 18.9. The summed E-state index contributed by atoms with van der Waals surface area (Å²) >= 11 is 0. The molecular weight excluding hydrogens is 421 g/mol. The number of rotatable bonds is 3. The Morgan fingerprint density at radius 3 is 2.19 bits per heavy atom. The first-order valence-electron chi connectivity index (χ1n) is 10.5. The highest BCUT2D eigenvalue weighted by atomic mass is 19.5. The molecule has 0 fully saturated rings. The Kier molecular flexibility index (Phi) is 6.79. The van der Waals surface area contributed by atoms with Crippen molar-refractivity contribution in [2.24, 2.45) is 0 Å². The van der Waals surface area contributed by atoms with Crippen LogP contribution in [0.2, 0.25) is 0 Å². The van der Waals surface area contributed by atoms with E-state index in [1.54, 1.807) is 0 Å². The zero-order valence-corrected chi connectivity index (χ0v) is 18.9. The van der Waals surface area contributed by atoms with Crippen LogP contribution in [0, 0.1) is 20.8 Å². The lowest BCUT2D eigenvalue weighted by Crippen LogP contribution is -2.57. The summed E-state index contributed by atoms with van der Waals surface area (Å²) in [5.74, 6) is 0.981. The van der Waals surface area contributed by atoms with Gasteiger partial charge in [0.1, 0.15) is 18.3 Å². The van der Waals surface area contributed by atoms with E-state index in [4.69, 9.17) is 9.84 Å². The molecule has 1 aliphatic rings. The molecule has 2 aromatic carbocycles. The molecule has 0 bridgehead atoms. The van der Waals surface area contributed by atoms with Gasteiger partial charge in [0.2, 0.25) is 6.33 Å². The molecule has 9 heteroatoms. The van der Waals surface area contributed by atoms with Crippen LogP contribution in [0.5, 0.6) is 0 Å². The second kappa shape index (κ2) is 9.06. The van der Waals surface area contributed by atoms with E-state index >= 15 is 0 Å². The number of aryl methyl sites for hydroxylation is 3. The van der Waals surface area contributed by atoms with Crippen LogP contribution in [0.4, 0.5) is 17.3 Å².